The van der Waals surface area contributed by atoms with E-state index in [4.69, 9.17) is 4.74 Å². The molecule has 0 saturated heterocycles. The van der Waals surface area contributed by atoms with Crippen LogP contribution in [0, 0.1) is 5.92 Å². The van der Waals surface area contributed by atoms with Crippen molar-refractivity contribution in [2.24, 2.45) is 10.9 Å². The van der Waals surface area contributed by atoms with Crippen molar-refractivity contribution in [3.05, 3.63) is 29.8 Å². The molecule has 1 N–H and O–H groups in total. The number of aliphatic imine (C=N–C) groups is 1. The molecule has 1 amide bonds. The third-order valence-electron chi connectivity index (χ3n) is 4.47. The minimum atomic E-state index is 0.0465. The number of hydrogen-bond acceptors (Lipinski definition) is 2. The standard InChI is InChI=1S/C17H22N2O2/c1-21-11-10-14-13-8-4-5-9-15(13)18-16(14)19-17(20)12-6-2-3-7-12/h4-5,8-9,12,14H,2-3,6-7,10-11H2,1H3,(H,18,19,20). The first-order chi connectivity index (χ1) is 10.3. The van der Waals surface area contributed by atoms with Crippen LogP contribution in [0.2, 0.25) is 0 Å². The van der Waals surface area contributed by atoms with E-state index in [-0.39, 0.29) is 17.7 Å². The van der Waals surface area contributed by atoms with E-state index in [1.807, 2.05) is 18.2 Å². The van der Waals surface area contributed by atoms with Crippen LogP contribution in [-0.4, -0.2) is 25.5 Å². The van der Waals surface area contributed by atoms with Crippen molar-refractivity contribution in [3.63, 3.8) is 0 Å². The lowest BCUT2D eigenvalue weighted by Gasteiger charge is -2.12. The Labute approximate surface area is 125 Å². The second-order valence-corrected chi connectivity index (χ2v) is 5.86. The summed E-state index contributed by atoms with van der Waals surface area (Å²) in [6.07, 6.45) is 5.14. The number of methoxy groups -OCH3 is 1. The van der Waals surface area contributed by atoms with Crippen LogP contribution >= 0.6 is 0 Å². The van der Waals surface area contributed by atoms with Gasteiger partial charge < -0.3 is 10.1 Å². The number of carbonyl (C=O) groups is 1. The summed E-state index contributed by atoms with van der Waals surface area (Å²) in [5.74, 6) is 1.12. The lowest BCUT2D eigenvalue weighted by atomic mass is 9.97. The van der Waals surface area contributed by atoms with Gasteiger partial charge in [-0.15, -0.1) is 0 Å². The highest BCUT2D eigenvalue weighted by atomic mass is 16.5. The molecular formula is C17H22N2O2. The molecule has 0 radical (unpaired) electrons. The zero-order valence-electron chi connectivity index (χ0n) is 12.5. The highest BCUT2D eigenvalue weighted by Crippen LogP contribution is 2.35. The monoisotopic (exact) mass is 286 g/mol. The van der Waals surface area contributed by atoms with Gasteiger partial charge in [0.2, 0.25) is 5.91 Å². The zero-order chi connectivity index (χ0) is 14.7. The summed E-state index contributed by atoms with van der Waals surface area (Å²) in [6, 6.07) is 8.17. The molecule has 4 nitrogen and oxygen atoms in total. The van der Waals surface area contributed by atoms with Gasteiger partial charge in [0.15, 0.2) is 0 Å². The van der Waals surface area contributed by atoms with Crippen LogP contribution in [0.4, 0.5) is 5.69 Å². The number of rotatable bonds is 4. The van der Waals surface area contributed by atoms with Crippen molar-refractivity contribution in [2.45, 2.75) is 38.0 Å². The molecule has 1 saturated carbocycles. The fourth-order valence-electron chi connectivity index (χ4n) is 3.30. The van der Waals surface area contributed by atoms with Crippen molar-refractivity contribution in [1.82, 2.24) is 0 Å². The second kappa shape index (κ2) is 6.39. The molecule has 3 rings (SSSR count). The van der Waals surface area contributed by atoms with E-state index >= 15 is 0 Å². The zero-order valence-corrected chi connectivity index (χ0v) is 12.5. The number of carbonyl (C=O) groups excluding carboxylic acids is 1. The van der Waals surface area contributed by atoms with Crippen LogP contribution in [0.5, 0.6) is 0 Å². The number of fused-ring (bicyclic) bond motifs is 1. The molecule has 1 unspecified atom stereocenters. The fraction of sp³-hybridized carbons (Fsp3) is 0.529. The summed E-state index contributed by atoms with van der Waals surface area (Å²) in [5, 5.41) is 3.32. The molecule has 1 aromatic carbocycles. The van der Waals surface area contributed by atoms with Crippen LogP contribution in [-0.2, 0) is 9.53 Å². The average molecular weight is 286 g/mol. The van der Waals surface area contributed by atoms with Gasteiger partial charge in [-0.25, -0.2) is 0 Å². The Hall–Kier alpha value is -1.68. The Kier molecular flexibility index (Phi) is 4.34. The summed E-state index contributed by atoms with van der Waals surface area (Å²) < 4.78 is 5.20. The third kappa shape index (κ3) is 3.00. The maximum atomic E-state index is 12.3. The predicted octanol–water partition coefficient (Wildman–Crippen LogP) is 3.35. The quantitative estimate of drug-likeness (QED) is 0.923. The maximum Gasteiger partial charge on any atom is 0.250 e. The molecule has 0 aromatic heterocycles. The number of nitrogens with one attached hydrogen (secondary N) is 1. The number of para-hydroxylation sites is 1. The van der Waals surface area contributed by atoms with E-state index in [1.54, 1.807) is 7.11 Å². The topological polar surface area (TPSA) is 50.7 Å². The normalized spacial score (nSPS) is 23.3. The Morgan fingerprint density at radius 1 is 1.33 bits per heavy atom. The van der Waals surface area contributed by atoms with Gasteiger partial charge >= 0.3 is 0 Å². The highest BCUT2D eigenvalue weighted by Gasteiger charge is 2.30. The molecule has 1 atom stereocenters. The van der Waals surface area contributed by atoms with Crippen LogP contribution in [0.1, 0.15) is 43.6 Å². The molecule has 4 heteroatoms. The Balaban J connectivity index is 1.82. The number of amidine groups is 1. The number of hydrogen-bond donors (Lipinski definition) is 1. The van der Waals surface area contributed by atoms with Crippen molar-refractivity contribution >= 4 is 17.4 Å². The van der Waals surface area contributed by atoms with Crippen LogP contribution in [0.25, 0.3) is 0 Å². The molecule has 112 valence electrons. The Morgan fingerprint density at radius 2 is 2.10 bits per heavy atom. The molecular weight excluding hydrogens is 264 g/mol. The molecule has 1 aliphatic heterocycles. The van der Waals surface area contributed by atoms with Crippen LogP contribution in [0.15, 0.2) is 29.3 Å². The first-order valence-electron chi connectivity index (χ1n) is 7.77. The Morgan fingerprint density at radius 3 is 2.86 bits per heavy atom. The van der Waals surface area contributed by atoms with Crippen molar-refractivity contribution < 1.29 is 9.53 Å². The van der Waals surface area contributed by atoms with Crippen LogP contribution in [0.3, 0.4) is 0 Å². The third-order valence-corrected chi connectivity index (χ3v) is 4.47. The van der Waals surface area contributed by atoms with Crippen molar-refractivity contribution in [3.8, 4) is 0 Å². The molecule has 0 bridgehead atoms. The Bertz CT molecular complexity index is 547. The number of ether oxygens (including phenoxy) is 1. The van der Waals surface area contributed by atoms with E-state index in [0.717, 1.165) is 43.6 Å². The first-order valence-corrected chi connectivity index (χ1v) is 7.77. The molecule has 1 fully saturated rings. The molecule has 1 heterocycles. The second-order valence-electron chi connectivity index (χ2n) is 5.86. The summed E-state index contributed by atoms with van der Waals surface area (Å²) in [6.45, 7) is 0.664. The largest absolute Gasteiger partial charge is 0.385 e. The van der Waals surface area contributed by atoms with Crippen molar-refractivity contribution in [2.75, 3.05) is 19.0 Å². The molecule has 1 aromatic rings. The summed E-state index contributed by atoms with van der Waals surface area (Å²) >= 11 is 0. The van der Waals surface area contributed by atoms with E-state index in [2.05, 4.69) is 16.4 Å². The van der Waals surface area contributed by atoms with Gasteiger partial charge in [0.05, 0.1) is 0 Å². The maximum absolute atomic E-state index is 12.3. The summed E-state index contributed by atoms with van der Waals surface area (Å²) in [7, 11) is 1.70. The average Bonchev–Trinajstić information content (AvgIpc) is 3.13. The van der Waals surface area contributed by atoms with E-state index in [1.165, 1.54) is 5.56 Å². The summed E-state index contributed by atoms with van der Waals surface area (Å²) in [4.78, 5) is 16.7. The van der Waals surface area contributed by atoms with Gasteiger partial charge in [-0.1, -0.05) is 31.0 Å². The van der Waals surface area contributed by atoms with E-state index in [9.17, 15) is 4.79 Å². The minimum absolute atomic E-state index is 0.0465. The number of nitrogens with zero attached hydrogens (tertiary/aromatic N) is 1. The van der Waals surface area contributed by atoms with Gasteiger partial charge in [0.1, 0.15) is 5.84 Å². The lowest BCUT2D eigenvalue weighted by molar-refractivity contribution is -0.121. The van der Waals surface area contributed by atoms with E-state index in [0.29, 0.717) is 6.61 Å². The molecule has 21 heavy (non-hydrogen) atoms. The van der Waals surface area contributed by atoms with E-state index < -0.39 is 0 Å². The van der Waals surface area contributed by atoms with Gasteiger partial charge in [0.25, 0.3) is 0 Å². The van der Waals surface area contributed by atoms with Gasteiger partial charge in [-0.2, -0.15) is 4.99 Å². The number of anilines is 1. The first kappa shape index (κ1) is 14.3. The van der Waals surface area contributed by atoms with Gasteiger partial charge in [0, 0.05) is 31.2 Å². The number of amides is 1. The molecule has 1 aliphatic carbocycles. The van der Waals surface area contributed by atoms with Crippen LogP contribution < -0.4 is 5.32 Å². The summed E-state index contributed by atoms with van der Waals surface area (Å²) in [5.41, 5.74) is 2.28. The highest BCUT2D eigenvalue weighted by molar-refractivity contribution is 6.11. The SMILES string of the molecule is COCCC1C(=NC(=O)C2CCCC2)Nc2ccccc21. The van der Waals surface area contributed by atoms with Gasteiger partial charge in [-0.05, 0) is 30.9 Å². The smallest absolute Gasteiger partial charge is 0.250 e. The number of benzene rings is 1. The molecule has 0 spiro atoms. The fourth-order valence-corrected chi connectivity index (χ4v) is 3.30. The predicted molar refractivity (Wildman–Crippen MR) is 83.7 cm³/mol. The minimum Gasteiger partial charge on any atom is -0.385 e. The van der Waals surface area contributed by atoms with Crippen molar-refractivity contribution in [1.29, 1.82) is 0 Å². The lowest BCUT2D eigenvalue weighted by Crippen LogP contribution is -2.19. The molecule has 2 aliphatic rings. The van der Waals surface area contributed by atoms with Gasteiger partial charge in [-0.3, -0.25) is 4.79 Å².